The maximum atomic E-state index is 12.4. The monoisotopic (exact) mass is 333 g/mol. The zero-order valence-corrected chi connectivity index (χ0v) is 14.5. The van der Waals surface area contributed by atoms with E-state index in [1.165, 1.54) is 15.6 Å². The first-order valence-corrected chi connectivity index (χ1v) is 8.97. The summed E-state index contributed by atoms with van der Waals surface area (Å²) in [5.41, 5.74) is 1.19. The van der Waals surface area contributed by atoms with Crippen LogP contribution in [0.5, 0.6) is 0 Å². The van der Waals surface area contributed by atoms with Gasteiger partial charge < -0.3 is 10.2 Å². The Kier molecular flexibility index (Phi) is 4.95. The van der Waals surface area contributed by atoms with Gasteiger partial charge in [-0.1, -0.05) is 6.92 Å². The van der Waals surface area contributed by atoms with Crippen molar-refractivity contribution in [1.29, 1.82) is 0 Å². The van der Waals surface area contributed by atoms with E-state index in [2.05, 4.69) is 17.3 Å². The van der Waals surface area contributed by atoms with Crippen LogP contribution in [0.3, 0.4) is 0 Å². The van der Waals surface area contributed by atoms with Crippen LogP contribution in [0.25, 0.3) is 0 Å². The van der Waals surface area contributed by atoms with Crippen molar-refractivity contribution >= 4 is 17.4 Å². The Hall–Kier alpha value is -1.89. The minimum Gasteiger partial charge on any atom is -0.336 e. The van der Waals surface area contributed by atoms with Crippen LogP contribution in [0.15, 0.2) is 18.5 Å². The molecule has 124 valence electrons. The number of thiazole rings is 1. The minimum absolute atomic E-state index is 0.0264. The number of nitrogens with one attached hydrogen (secondary N) is 1. The lowest BCUT2D eigenvalue weighted by Crippen LogP contribution is -2.41. The van der Waals surface area contributed by atoms with E-state index < -0.39 is 0 Å². The molecule has 6 nitrogen and oxygen atoms in total. The number of amides is 2. The van der Waals surface area contributed by atoms with E-state index in [9.17, 15) is 4.79 Å². The number of carbonyl (C=O) groups excluding carboxylic acids is 1. The predicted molar refractivity (Wildman–Crippen MR) is 90.6 cm³/mol. The quantitative estimate of drug-likeness (QED) is 0.915. The summed E-state index contributed by atoms with van der Waals surface area (Å²) in [5, 5.41) is 8.29. The SMILES string of the molecule is CCc1nc2c(s1)C(N(C)C(=O)NCCn1cccn1)CCC2. The highest BCUT2D eigenvalue weighted by atomic mass is 32.1. The van der Waals surface area contributed by atoms with Gasteiger partial charge >= 0.3 is 6.03 Å². The van der Waals surface area contributed by atoms with Crippen LogP contribution < -0.4 is 5.32 Å². The molecule has 2 heterocycles. The summed E-state index contributed by atoms with van der Waals surface area (Å²) in [6, 6.07) is 2.01. The summed E-state index contributed by atoms with van der Waals surface area (Å²) in [4.78, 5) is 20.2. The van der Waals surface area contributed by atoms with E-state index in [0.717, 1.165) is 25.7 Å². The lowest BCUT2D eigenvalue weighted by Gasteiger charge is -2.30. The molecule has 2 aromatic heterocycles. The molecular formula is C16H23N5OS. The largest absolute Gasteiger partial charge is 0.336 e. The molecule has 1 atom stereocenters. The summed E-state index contributed by atoms with van der Waals surface area (Å²) in [6.45, 7) is 3.39. The van der Waals surface area contributed by atoms with Gasteiger partial charge in [-0.05, 0) is 31.7 Å². The smallest absolute Gasteiger partial charge is 0.317 e. The van der Waals surface area contributed by atoms with Crippen molar-refractivity contribution in [3.8, 4) is 0 Å². The van der Waals surface area contributed by atoms with Gasteiger partial charge in [-0.3, -0.25) is 4.68 Å². The number of urea groups is 1. The van der Waals surface area contributed by atoms with E-state index in [1.807, 2.05) is 28.9 Å². The Morgan fingerprint density at radius 2 is 2.43 bits per heavy atom. The number of nitrogens with zero attached hydrogens (tertiary/aromatic N) is 4. The molecule has 1 aliphatic rings. The third-order valence-corrected chi connectivity index (χ3v) is 5.58. The van der Waals surface area contributed by atoms with E-state index in [0.29, 0.717) is 13.1 Å². The van der Waals surface area contributed by atoms with Gasteiger partial charge in [0, 0.05) is 26.0 Å². The Morgan fingerprint density at radius 3 is 3.17 bits per heavy atom. The van der Waals surface area contributed by atoms with Crippen LogP contribution in [-0.2, 0) is 19.4 Å². The minimum atomic E-state index is -0.0264. The van der Waals surface area contributed by atoms with E-state index in [4.69, 9.17) is 4.98 Å². The summed E-state index contributed by atoms with van der Waals surface area (Å²) >= 11 is 1.76. The van der Waals surface area contributed by atoms with Gasteiger partial charge in [-0.15, -0.1) is 11.3 Å². The second-order valence-corrected chi connectivity index (χ2v) is 6.91. The van der Waals surface area contributed by atoms with Crippen molar-refractivity contribution in [1.82, 2.24) is 25.0 Å². The Balaban J connectivity index is 1.60. The molecule has 0 radical (unpaired) electrons. The zero-order valence-electron chi connectivity index (χ0n) is 13.7. The Bertz CT molecular complexity index is 651. The first-order chi connectivity index (χ1) is 11.2. The zero-order chi connectivity index (χ0) is 16.2. The number of aromatic nitrogens is 3. The average molecular weight is 333 g/mol. The molecule has 0 saturated carbocycles. The maximum Gasteiger partial charge on any atom is 0.317 e. The van der Waals surface area contributed by atoms with Crippen molar-refractivity contribution in [2.75, 3.05) is 13.6 Å². The van der Waals surface area contributed by atoms with Crippen LogP contribution in [0.2, 0.25) is 0 Å². The predicted octanol–water partition coefficient (Wildman–Crippen LogP) is 2.62. The highest BCUT2D eigenvalue weighted by molar-refractivity contribution is 7.11. The van der Waals surface area contributed by atoms with Crippen molar-refractivity contribution < 1.29 is 4.79 Å². The summed E-state index contributed by atoms with van der Waals surface area (Å²) in [5.74, 6) is 0. The van der Waals surface area contributed by atoms with E-state index in [-0.39, 0.29) is 12.1 Å². The molecular weight excluding hydrogens is 310 g/mol. The number of carbonyl (C=O) groups is 1. The molecule has 23 heavy (non-hydrogen) atoms. The fraction of sp³-hybridized carbons (Fsp3) is 0.562. The Labute approximate surface area is 140 Å². The van der Waals surface area contributed by atoms with E-state index >= 15 is 0 Å². The van der Waals surface area contributed by atoms with Crippen LogP contribution >= 0.6 is 11.3 Å². The highest BCUT2D eigenvalue weighted by Crippen LogP contribution is 2.37. The summed E-state index contributed by atoms with van der Waals surface area (Å²) in [7, 11) is 1.88. The lowest BCUT2D eigenvalue weighted by molar-refractivity contribution is 0.184. The number of fused-ring (bicyclic) bond motifs is 1. The van der Waals surface area contributed by atoms with Crippen LogP contribution in [0.1, 0.15) is 41.4 Å². The summed E-state index contributed by atoms with van der Waals surface area (Å²) < 4.78 is 1.82. The van der Waals surface area contributed by atoms with Gasteiger partial charge in [0.25, 0.3) is 0 Å². The highest BCUT2D eigenvalue weighted by Gasteiger charge is 2.29. The Morgan fingerprint density at radius 1 is 1.57 bits per heavy atom. The molecule has 0 saturated heterocycles. The molecule has 0 aliphatic heterocycles. The standard InChI is InChI=1S/C16H23N5OS/c1-3-14-19-12-6-4-7-13(15(12)23-14)20(2)16(22)17-9-11-21-10-5-8-18-21/h5,8,10,13H,3-4,6-7,9,11H2,1-2H3,(H,17,22). The maximum absolute atomic E-state index is 12.4. The fourth-order valence-corrected chi connectivity index (χ4v) is 4.18. The first kappa shape index (κ1) is 16.0. The molecule has 1 unspecified atom stereocenters. The molecule has 0 fully saturated rings. The molecule has 0 bridgehead atoms. The molecule has 1 aliphatic carbocycles. The second-order valence-electron chi connectivity index (χ2n) is 5.79. The van der Waals surface area contributed by atoms with Crippen LogP contribution in [0.4, 0.5) is 4.79 Å². The van der Waals surface area contributed by atoms with Crippen molar-refractivity contribution in [2.24, 2.45) is 0 Å². The van der Waals surface area contributed by atoms with Crippen LogP contribution in [-0.4, -0.2) is 39.3 Å². The fourth-order valence-electron chi connectivity index (χ4n) is 2.94. The van der Waals surface area contributed by atoms with Crippen LogP contribution in [0, 0.1) is 0 Å². The molecule has 3 rings (SSSR count). The first-order valence-electron chi connectivity index (χ1n) is 8.15. The van der Waals surface area contributed by atoms with Gasteiger partial charge in [0.05, 0.1) is 28.2 Å². The van der Waals surface area contributed by atoms with Crippen molar-refractivity contribution in [3.05, 3.63) is 34.0 Å². The van der Waals surface area contributed by atoms with Gasteiger partial charge in [-0.25, -0.2) is 9.78 Å². The van der Waals surface area contributed by atoms with Gasteiger partial charge in [-0.2, -0.15) is 5.10 Å². The molecule has 0 aromatic carbocycles. The van der Waals surface area contributed by atoms with Gasteiger partial charge in [0.1, 0.15) is 0 Å². The number of rotatable bonds is 5. The summed E-state index contributed by atoms with van der Waals surface area (Å²) in [6.07, 6.45) is 7.75. The number of hydrogen-bond acceptors (Lipinski definition) is 4. The topological polar surface area (TPSA) is 63.1 Å². The second kappa shape index (κ2) is 7.12. The number of aryl methyl sites for hydroxylation is 2. The lowest BCUT2D eigenvalue weighted by atomic mass is 9.97. The van der Waals surface area contributed by atoms with Gasteiger partial charge in [0.2, 0.25) is 0 Å². The third kappa shape index (κ3) is 3.55. The van der Waals surface area contributed by atoms with Crippen molar-refractivity contribution in [3.63, 3.8) is 0 Å². The molecule has 1 N–H and O–H groups in total. The molecule has 2 amide bonds. The van der Waals surface area contributed by atoms with E-state index in [1.54, 1.807) is 17.5 Å². The average Bonchev–Trinajstić information content (AvgIpc) is 3.22. The molecule has 0 spiro atoms. The number of hydrogen-bond donors (Lipinski definition) is 1. The van der Waals surface area contributed by atoms with Crippen molar-refractivity contribution in [2.45, 2.75) is 45.2 Å². The third-order valence-electron chi connectivity index (χ3n) is 4.23. The molecule has 7 heteroatoms. The molecule has 2 aromatic rings. The van der Waals surface area contributed by atoms with Gasteiger partial charge in [0.15, 0.2) is 0 Å². The normalized spacial score (nSPS) is 16.9.